The number of nitro groups is 1. The number of hydrogen-bond acceptors (Lipinski definition) is 4. The van der Waals surface area contributed by atoms with Crippen LogP contribution >= 0.6 is 0 Å². The van der Waals surface area contributed by atoms with Gasteiger partial charge in [0.15, 0.2) is 5.69 Å². The van der Waals surface area contributed by atoms with E-state index in [2.05, 4.69) is 10.2 Å². The van der Waals surface area contributed by atoms with Gasteiger partial charge in [0.2, 0.25) is 0 Å². The van der Waals surface area contributed by atoms with E-state index in [9.17, 15) is 10.1 Å². The van der Waals surface area contributed by atoms with Crippen molar-refractivity contribution in [3.63, 3.8) is 0 Å². The van der Waals surface area contributed by atoms with Crippen molar-refractivity contribution in [1.82, 2.24) is 0 Å². The average molecular weight is 221 g/mol. The van der Waals surface area contributed by atoms with Gasteiger partial charge in [-0.2, -0.15) is 0 Å². The molecule has 1 aromatic carbocycles. The molecular formula is C10H11N3O3. The Hall–Kier alpha value is -2.13. The number of benzene rings is 1. The Morgan fingerprint density at radius 3 is 2.94 bits per heavy atom. The summed E-state index contributed by atoms with van der Waals surface area (Å²) in [6.07, 6.45) is 0. The summed E-state index contributed by atoms with van der Waals surface area (Å²) >= 11 is 0. The third-order valence-corrected chi connectivity index (χ3v) is 1.93. The van der Waals surface area contributed by atoms with Crippen LogP contribution < -0.4 is 5.32 Å². The van der Waals surface area contributed by atoms with E-state index in [0.29, 0.717) is 24.5 Å². The van der Waals surface area contributed by atoms with Crippen molar-refractivity contribution in [2.45, 2.75) is 0 Å². The molecule has 0 saturated heterocycles. The molecule has 6 heteroatoms. The van der Waals surface area contributed by atoms with E-state index in [4.69, 9.17) is 11.3 Å². The summed E-state index contributed by atoms with van der Waals surface area (Å²) in [6.45, 7) is 7.74. The van der Waals surface area contributed by atoms with Gasteiger partial charge >= 0.3 is 0 Å². The number of rotatable bonds is 5. The highest BCUT2D eigenvalue weighted by atomic mass is 16.6. The molecule has 0 heterocycles. The van der Waals surface area contributed by atoms with E-state index < -0.39 is 4.92 Å². The van der Waals surface area contributed by atoms with Crippen molar-refractivity contribution in [1.29, 1.82) is 0 Å². The van der Waals surface area contributed by atoms with Gasteiger partial charge in [-0.05, 0) is 12.1 Å². The minimum atomic E-state index is -0.483. The Morgan fingerprint density at radius 2 is 2.38 bits per heavy atom. The lowest BCUT2D eigenvalue weighted by molar-refractivity contribution is -0.383. The lowest BCUT2D eigenvalue weighted by Gasteiger charge is -2.06. The minimum absolute atomic E-state index is 0.0384. The third-order valence-electron chi connectivity index (χ3n) is 1.93. The van der Waals surface area contributed by atoms with Gasteiger partial charge in [-0.3, -0.25) is 10.1 Å². The highest BCUT2D eigenvalue weighted by Gasteiger charge is 2.13. The molecule has 0 saturated carbocycles. The van der Waals surface area contributed by atoms with Crippen molar-refractivity contribution < 1.29 is 9.66 Å². The van der Waals surface area contributed by atoms with Crippen LogP contribution in [0.25, 0.3) is 4.85 Å². The Balaban J connectivity index is 2.92. The summed E-state index contributed by atoms with van der Waals surface area (Å²) in [5, 5.41) is 13.6. The first-order valence-electron chi connectivity index (χ1n) is 4.57. The van der Waals surface area contributed by atoms with Crippen LogP contribution in [0.4, 0.5) is 17.1 Å². The molecule has 6 nitrogen and oxygen atoms in total. The molecule has 0 aliphatic rings. The van der Waals surface area contributed by atoms with Gasteiger partial charge in [-0.15, -0.1) is 0 Å². The van der Waals surface area contributed by atoms with Crippen LogP contribution in [-0.4, -0.2) is 25.2 Å². The summed E-state index contributed by atoms with van der Waals surface area (Å²) in [5.41, 5.74) is 0.671. The molecule has 0 aliphatic carbocycles. The largest absolute Gasteiger partial charge is 0.383 e. The monoisotopic (exact) mass is 221 g/mol. The van der Waals surface area contributed by atoms with Crippen LogP contribution in [0.15, 0.2) is 18.2 Å². The predicted molar refractivity (Wildman–Crippen MR) is 59.7 cm³/mol. The van der Waals surface area contributed by atoms with Crippen molar-refractivity contribution in [3.05, 3.63) is 39.7 Å². The van der Waals surface area contributed by atoms with Crippen LogP contribution in [0.3, 0.4) is 0 Å². The van der Waals surface area contributed by atoms with Crippen molar-refractivity contribution >= 4 is 17.1 Å². The number of hydrogen-bond donors (Lipinski definition) is 1. The molecule has 0 radical (unpaired) electrons. The van der Waals surface area contributed by atoms with Gasteiger partial charge in [0.25, 0.3) is 5.69 Å². The van der Waals surface area contributed by atoms with E-state index in [0.717, 1.165) is 0 Å². The van der Waals surface area contributed by atoms with E-state index in [-0.39, 0.29) is 5.69 Å². The fraction of sp³-hybridized carbons (Fsp3) is 0.300. The molecule has 1 N–H and O–H groups in total. The van der Waals surface area contributed by atoms with Crippen molar-refractivity contribution in [2.75, 3.05) is 25.6 Å². The molecular weight excluding hydrogens is 210 g/mol. The first kappa shape index (κ1) is 11.9. The number of ether oxygens (including phenoxy) is 1. The van der Waals surface area contributed by atoms with E-state index >= 15 is 0 Å². The van der Waals surface area contributed by atoms with Gasteiger partial charge < -0.3 is 10.1 Å². The summed E-state index contributed by atoms with van der Waals surface area (Å²) in [6, 6.07) is 4.20. The smallest absolute Gasteiger partial charge is 0.289 e. The van der Waals surface area contributed by atoms with Gasteiger partial charge in [0, 0.05) is 19.7 Å². The second-order valence-electron chi connectivity index (χ2n) is 2.99. The summed E-state index contributed by atoms with van der Waals surface area (Å²) in [4.78, 5) is 13.4. The molecule has 84 valence electrons. The van der Waals surface area contributed by atoms with E-state index in [1.807, 2.05) is 0 Å². The Labute approximate surface area is 92.8 Å². The number of nitrogens with one attached hydrogen (secondary N) is 1. The summed E-state index contributed by atoms with van der Waals surface area (Å²) in [5.74, 6) is 0. The molecule has 0 fully saturated rings. The Morgan fingerprint density at radius 1 is 1.62 bits per heavy atom. The fourth-order valence-corrected chi connectivity index (χ4v) is 1.18. The maximum Gasteiger partial charge on any atom is 0.289 e. The lowest BCUT2D eigenvalue weighted by Crippen LogP contribution is -2.08. The maximum absolute atomic E-state index is 10.7. The molecule has 1 rings (SSSR count). The number of nitro benzene ring substituents is 1. The van der Waals surface area contributed by atoms with Gasteiger partial charge in [-0.25, -0.2) is 4.85 Å². The van der Waals surface area contributed by atoms with Crippen LogP contribution in [0.2, 0.25) is 0 Å². The molecule has 0 spiro atoms. The Bertz CT molecular complexity index is 426. The molecule has 0 bridgehead atoms. The lowest BCUT2D eigenvalue weighted by atomic mass is 10.2. The zero-order valence-electron chi connectivity index (χ0n) is 8.77. The van der Waals surface area contributed by atoms with Crippen LogP contribution in [0.1, 0.15) is 0 Å². The van der Waals surface area contributed by atoms with Gasteiger partial charge in [0.05, 0.1) is 18.1 Å². The van der Waals surface area contributed by atoms with E-state index in [1.165, 1.54) is 18.2 Å². The Kier molecular flexibility index (Phi) is 4.24. The zero-order chi connectivity index (χ0) is 12.0. The molecule has 0 amide bonds. The normalized spacial score (nSPS) is 9.50. The molecule has 0 aliphatic heterocycles. The van der Waals surface area contributed by atoms with Crippen LogP contribution in [0.5, 0.6) is 0 Å². The highest BCUT2D eigenvalue weighted by molar-refractivity contribution is 5.68. The van der Waals surface area contributed by atoms with Gasteiger partial charge in [0.1, 0.15) is 5.69 Å². The topological polar surface area (TPSA) is 68.8 Å². The predicted octanol–water partition coefficient (Wildman–Crippen LogP) is 2.20. The zero-order valence-corrected chi connectivity index (χ0v) is 8.77. The van der Waals surface area contributed by atoms with Crippen LogP contribution in [-0.2, 0) is 4.74 Å². The van der Waals surface area contributed by atoms with Crippen molar-refractivity contribution in [3.8, 4) is 0 Å². The molecule has 0 aromatic heterocycles. The highest BCUT2D eigenvalue weighted by Crippen LogP contribution is 2.28. The standard InChI is InChI=1S/C10H11N3O3/c1-11-8-3-4-10(13(14)15)9(7-8)12-5-6-16-2/h3-4,7,12H,5-6H2,2H3. The van der Waals surface area contributed by atoms with E-state index in [1.54, 1.807) is 7.11 Å². The van der Waals surface area contributed by atoms with Crippen LogP contribution in [0, 0.1) is 16.7 Å². The SMILES string of the molecule is [C-]#[N+]c1ccc([N+](=O)[O-])c(NCCOC)c1. The maximum atomic E-state index is 10.7. The molecule has 16 heavy (non-hydrogen) atoms. The van der Waals surface area contributed by atoms with Crippen molar-refractivity contribution in [2.24, 2.45) is 0 Å². The average Bonchev–Trinajstić information content (AvgIpc) is 2.29. The third kappa shape index (κ3) is 2.93. The number of anilines is 1. The quantitative estimate of drug-likeness (QED) is 0.358. The molecule has 0 unspecified atom stereocenters. The number of methoxy groups -OCH3 is 1. The minimum Gasteiger partial charge on any atom is -0.383 e. The molecule has 1 aromatic rings. The van der Waals surface area contributed by atoms with Gasteiger partial charge in [-0.1, -0.05) is 0 Å². The summed E-state index contributed by atoms with van der Waals surface area (Å²) in [7, 11) is 1.55. The first-order valence-corrected chi connectivity index (χ1v) is 4.57. The second-order valence-corrected chi connectivity index (χ2v) is 2.99. The molecule has 0 atom stereocenters. The fourth-order valence-electron chi connectivity index (χ4n) is 1.18. The number of nitrogens with zero attached hydrogens (tertiary/aromatic N) is 2. The second kappa shape index (κ2) is 5.68. The first-order chi connectivity index (χ1) is 7.69. The summed E-state index contributed by atoms with van der Waals surface area (Å²) < 4.78 is 4.83.